The number of aromatic nitrogens is 4. The monoisotopic (exact) mass is 238 g/mol. The molecule has 6 nitrogen and oxygen atoms in total. The smallest absolute Gasteiger partial charge is 0.108 e. The fraction of sp³-hybridized carbons (Fsp3) is 0.444. The van der Waals surface area contributed by atoms with Gasteiger partial charge >= 0.3 is 0 Å². The molecule has 0 aromatic carbocycles. The van der Waals surface area contributed by atoms with Gasteiger partial charge in [0.05, 0.1) is 17.1 Å². The van der Waals surface area contributed by atoms with Crippen LogP contribution in [-0.4, -0.2) is 19.1 Å². The molecular weight excluding hydrogens is 224 g/mol. The van der Waals surface area contributed by atoms with E-state index in [0.29, 0.717) is 0 Å². The van der Waals surface area contributed by atoms with Gasteiger partial charge in [-0.15, -0.1) is 5.10 Å². The maximum atomic E-state index is 5.52. The van der Waals surface area contributed by atoms with Gasteiger partial charge in [-0.1, -0.05) is 4.49 Å². The summed E-state index contributed by atoms with van der Waals surface area (Å²) < 4.78 is 5.84. The molecule has 0 aliphatic carbocycles. The molecule has 16 heavy (non-hydrogen) atoms. The van der Waals surface area contributed by atoms with E-state index >= 15 is 0 Å². The third-order valence-electron chi connectivity index (χ3n) is 2.50. The van der Waals surface area contributed by atoms with Crippen LogP contribution in [0.2, 0.25) is 0 Å². The summed E-state index contributed by atoms with van der Waals surface area (Å²) in [7, 11) is 1.99. The van der Waals surface area contributed by atoms with E-state index in [1.165, 1.54) is 11.5 Å². The number of nitrogens with one attached hydrogen (secondary N) is 1. The molecule has 0 aliphatic heterocycles. The number of imidazole rings is 1. The van der Waals surface area contributed by atoms with Crippen LogP contribution in [0.3, 0.4) is 0 Å². The molecule has 0 fully saturated rings. The van der Waals surface area contributed by atoms with E-state index in [2.05, 4.69) is 20.0 Å². The summed E-state index contributed by atoms with van der Waals surface area (Å²) >= 11 is 1.37. The van der Waals surface area contributed by atoms with Crippen molar-refractivity contribution in [1.82, 2.24) is 24.6 Å². The quantitative estimate of drug-likeness (QED) is 0.582. The highest BCUT2D eigenvalue weighted by Crippen LogP contribution is 2.19. The first-order chi connectivity index (χ1) is 7.81. The van der Waals surface area contributed by atoms with Gasteiger partial charge in [0, 0.05) is 25.9 Å². The molecule has 7 heteroatoms. The summed E-state index contributed by atoms with van der Waals surface area (Å²) in [5.74, 6) is 6.57. The predicted octanol–water partition coefficient (Wildman–Crippen LogP) is 0.409. The van der Waals surface area contributed by atoms with Crippen molar-refractivity contribution in [2.45, 2.75) is 18.9 Å². The van der Waals surface area contributed by atoms with Gasteiger partial charge in [-0.2, -0.15) is 0 Å². The van der Waals surface area contributed by atoms with E-state index in [-0.39, 0.29) is 6.04 Å². The van der Waals surface area contributed by atoms with Gasteiger partial charge in [-0.25, -0.2) is 4.98 Å². The fourth-order valence-electron chi connectivity index (χ4n) is 1.55. The predicted molar refractivity (Wildman–Crippen MR) is 61.5 cm³/mol. The average Bonchev–Trinajstić information content (AvgIpc) is 2.92. The highest BCUT2D eigenvalue weighted by molar-refractivity contribution is 7.05. The Labute approximate surface area is 97.6 Å². The molecule has 2 heterocycles. The van der Waals surface area contributed by atoms with Crippen molar-refractivity contribution in [2.24, 2.45) is 12.9 Å². The topological polar surface area (TPSA) is 81.7 Å². The zero-order valence-corrected chi connectivity index (χ0v) is 9.81. The number of aryl methyl sites for hydroxylation is 2. The van der Waals surface area contributed by atoms with Gasteiger partial charge in [0.25, 0.3) is 0 Å². The van der Waals surface area contributed by atoms with Crippen molar-refractivity contribution in [3.05, 3.63) is 29.3 Å². The van der Waals surface area contributed by atoms with Crippen molar-refractivity contribution in [3.63, 3.8) is 0 Å². The molecule has 2 aromatic heterocycles. The first-order valence-electron chi connectivity index (χ1n) is 5.01. The normalized spacial score (nSPS) is 12.9. The van der Waals surface area contributed by atoms with Gasteiger partial charge in [0.2, 0.25) is 0 Å². The summed E-state index contributed by atoms with van der Waals surface area (Å²) in [5.41, 5.74) is 2.78. The molecule has 0 aliphatic rings. The van der Waals surface area contributed by atoms with E-state index in [1.807, 2.05) is 17.8 Å². The van der Waals surface area contributed by atoms with E-state index in [4.69, 9.17) is 5.84 Å². The van der Waals surface area contributed by atoms with Crippen LogP contribution >= 0.6 is 11.5 Å². The van der Waals surface area contributed by atoms with E-state index in [1.54, 1.807) is 12.4 Å². The number of nitrogens with zero attached hydrogens (tertiary/aromatic N) is 4. The third-order valence-corrected chi connectivity index (χ3v) is 3.28. The standard InChI is InChI=1S/C9H14N6S/c1-15-5-4-11-9(15)3-2-7(13-10)8-6-12-14-16-8/h4-7,13H,2-3,10H2,1H3. The van der Waals surface area contributed by atoms with Gasteiger partial charge < -0.3 is 4.57 Å². The summed E-state index contributed by atoms with van der Waals surface area (Å²) in [6.45, 7) is 0. The van der Waals surface area contributed by atoms with Crippen LogP contribution in [0.15, 0.2) is 18.6 Å². The lowest BCUT2D eigenvalue weighted by molar-refractivity contribution is 0.513. The summed E-state index contributed by atoms with van der Waals surface area (Å²) in [4.78, 5) is 5.32. The molecule has 2 aromatic rings. The molecule has 86 valence electrons. The fourth-order valence-corrected chi connectivity index (χ4v) is 2.14. The molecule has 1 unspecified atom stereocenters. The highest BCUT2D eigenvalue weighted by Gasteiger charge is 2.13. The second kappa shape index (κ2) is 5.15. The minimum Gasteiger partial charge on any atom is -0.338 e. The summed E-state index contributed by atoms with van der Waals surface area (Å²) in [6.07, 6.45) is 7.23. The Hall–Kier alpha value is -1.31. The summed E-state index contributed by atoms with van der Waals surface area (Å²) in [6, 6.07) is 0.0942. The lowest BCUT2D eigenvalue weighted by Gasteiger charge is -2.12. The molecule has 2 rings (SSSR count). The van der Waals surface area contributed by atoms with Crippen LogP contribution < -0.4 is 11.3 Å². The molecule has 0 radical (unpaired) electrons. The molecule has 0 amide bonds. The Morgan fingerprint density at radius 3 is 3.06 bits per heavy atom. The maximum Gasteiger partial charge on any atom is 0.108 e. The van der Waals surface area contributed by atoms with Crippen molar-refractivity contribution < 1.29 is 0 Å². The van der Waals surface area contributed by atoms with Gasteiger partial charge in [0.1, 0.15) is 5.82 Å². The Morgan fingerprint density at radius 2 is 2.50 bits per heavy atom. The van der Waals surface area contributed by atoms with Crippen LogP contribution in [0.25, 0.3) is 0 Å². The van der Waals surface area contributed by atoms with Gasteiger partial charge in [-0.05, 0) is 18.0 Å². The second-order valence-electron chi connectivity index (χ2n) is 3.53. The van der Waals surface area contributed by atoms with Crippen molar-refractivity contribution >= 4 is 11.5 Å². The van der Waals surface area contributed by atoms with E-state index < -0.39 is 0 Å². The number of hydrogen-bond acceptors (Lipinski definition) is 6. The first-order valence-corrected chi connectivity index (χ1v) is 5.78. The van der Waals surface area contributed by atoms with Crippen molar-refractivity contribution in [2.75, 3.05) is 0 Å². The summed E-state index contributed by atoms with van der Waals surface area (Å²) in [5, 5.41) is 3.81. The molecular formula is C9H14N6S. The van der Waals surface area contributed by atoms with Crippen LogP contribution in [0.4, 0.5) is 0 Å². The lowest BCUT2D eigenvalue weighted by atomic mass is 10.1. The Bertz CT molecular complexity index is 423. The van der Waals surface area contributed by atoms with Crippen molar-refractivity contribution in [3.8, 4) is 0 Å². The number of hydrazine groups is 1. The zero-order chi connectivity index (χ0) is 11.4. The van der Waals surface area contributed by atoms with Crippen LogP contribution in [-0.2, 0) is 13.5 Å². The molecule has 3 N–H and O–H groups in total. The first kappa shape index (κ1) is 11.2. The minimum atomic E-state index is 0.0942. The third kappa shape index (κ3) is 2.43. The molecule has 1 atom stereocenters. The Morgan fingerprint density at radius 1 is 1.62 bits per heavy atom. The molecule has 0 saturated heterocycles. The molecule has 0 saturated carbocycles. The largest absolute Gasteiger partial charge is 0.338 e. The van der Waals surface area contributed by atoms with Gasteiger partial charge in [0.15, 0.2) is 0 Å². The number of nitrogens with two attached hydrogens (primary N) is 1. The molecule has 0 spiro atoms. The zero-order valence-electron chi connectivity index (χ0n) is 9.00. The SMILES string of the molecule is Cn1ccnc1CCC(NN)c1cnns1. The second-order valence-corrected chi connectivity index (χ2v) is 4.35. The van der Waals surface area contributed by atoms with E-state index in [9.17, 15) is 0 Å². The number of hydrogen-bond donors (Lipinski definition) is 2. The Kier molecular flexibility index (Phi) is 3.60. The minimum absolute atomic E-state index is 0.0942. The number of rotatable bonds is 5. The highest BCUT2D eigenvalue weighted by atomic mass is 32.1. The van der Waals surface area contributed by atoms with Crippen LogP contribution in [0.5, 0.6) is 0 Å². The Balaban J connectivity index is 1.96. The maximum absolute atomic E-state index is 5.52. The van der Waals surface area contributed by atoms with Crippen LogP contribution in [0, 0.1) is 0 Å². The van der Waals surface area contributed by atoms with E-state index in [0.717, 1.165) is 23.5 Å². The average molecular weight is 238 g/mol. The lowest BCUT2D eigenvalue weighted by Crippen LogP contribution is -2.28. The van der Waals surface area contributed by atoms with Crippen LogP contribution in [0.1, 0.15) is 23.2 Å². The molecule has 0 bridgehead atoms. The van der Waals surface area contributed by atoms with Gasteiger partial charge in [-0.3, -0.25) is 11.3 Å². The van der Waals surface area contributed by atoms with Crippen molar-refractivity contribution in [1.29, 1.82) is 0 Å².